The molecule has 4 aromatic rings. The maximum atomic E-state index is 14.1. The van der Waals surface area contributed by atoms with E-state index in [9.17, 15) is 13.0 Å². The fourth-order valence-corrected chi connectivity index (χ4v) is 9.23. The number of sulfone groups is 1. The van der Waals surface area contributed by atoms with Crippen LogP contribution in [-0.2, 0) is 20.9 Å². The summed E-state index contributed by atoms with van der Waals surface area (Å²) in [5, 5.41) is 3.31. The molecule has 0 unspecified atom stereocenters. The van der Waals surface area contributed by atoms with E-state index in [0.717, 1.165) is 24.9 Å². The number of aromatic nitrogens is 2. The van der Waals surface area contributed by atoms with Crippen LogP contribution in [0.2, 0.25) is 5.02 Å². The Hall–Kier alpha value is -3.43. The van der Waals surface area contributed by atoms with Crippen LogP contribution in [0.15, 0.2) is 77.7 Å². The number of rotatable bonds is 9. The highest BCUT2D eigenvalue weighted by Gasteiger charge is 2.32. The highest BCUT2D eigenvalue weighted by Crippen LogP contribution is 2.48. The van der Waals surface area contributed by atoms with E-state index in [1.165, 1.54) is 18.7 Å². The Morgan fingerprint density at radius 3 is 2.37 bits per heavy atom. The number of halogens is 1. The number of nitrogens with zero attached hydrogens (tertiary/aromatic N) is 3. The predicted octanol–water partition coefficient (Wildman–Crippen LogP) is 5.82. The van der Waals surface area contributed by atoms with Gasteiger partial charge in [0.15, 0.2) is 15.7 Å². The lowest BCUT2D eigenvalue weighted by atomic mass is 10.1. The number of benzene rings is 3. The van der Waals surface area contributed by atoms with Crippen molar-refractivity contribution in [2.24, 2.45) is 0 Å². The molecule has 2 heterocycles. The Kier molecular flexibility index (Phi) is 9.13. The van der Waals surface area contributed by atoms with Gasteiger partial charge in [-0.05, 0) is 43.7 Å². The summed E-state index contributed by atoms with van der Waals surface area (Å²) in [6.45, 7) is 5.57. The number of methoxy groups -OCH3 is 1. The van der Waals surface area contributed by atoms with Gasteiger partial charge in [-0.2, -0.15) is 4.98 Å². The van der Waals surface area contributed by atoms with Gasteiger partial charge in [0, 0.05) is 42.8 Å². The number of nitrogens with one attached hydrogen (secondary N) is 1. The third-order valence-electron chi connectivity index (χ3n) is 7.65. The van der Waals surface area contributed by atoms with E-state index >= 15 is 0 Å². The number of para-hydroxylation sites is 1. The summed E-state index contributed by atoms with van der Waals surface area (Å²) in [6.07, 6.45) is 1.16. The lowest BCUT2D eigenvalue weighted by molar-refractivity contribution is 0.288. The lowest BCUT2D eigenvalue weighted by Crippen LogP contribution is -2.36. The van der Waals surface area contributed by atoms with Crippen LogP contribution in [0.3, 0.4) is 0 Å². The molecule has 1 saturated heterocycles. The molecule has 1 aliphatic heterocycles. The fraction of sp³-hybridized carbons (Fsp3) is 0.290. The van der Waals surface area contributed by atoms with Gasteiger partial charge in [-0.1, -0.05) is 60.1 Å². The number of hydrogen-bond donors (Lipinski definition) is 2. The molecule has 3 N–H and O–H groups in total. The van der Waals surface area contributed by atoms with Gasteiger partial charge in [0.25, 0.3) is 0 Å². The molecule has 0 amide bonds. The number of ether oxygens (including phenoxy) is 1. The number of hydrogen-bond acceptors (Lipinski definition) is 9. The van der Waals surface area contributed by atoms with E-state index in [1.54, 1.807) is 44.2 Å². The summed E-state index contributed by atoms with van der Waals surface area (Å²) in [4.78, 5) is 11.1. The molecule has 9 nitrogen and oxygen atoms in total. The summed E-state index contributed by atoms with van der Waals surface area (Å²) in [5.41, 5.74) is 8.50. The maximum Gasteiger partial charge on any atom is 0.222 e. The van der Waals surface area contributed by atoms with Gasteiger partial charge in [0.1, 0.15) is 23.6 Å². The maximum absolute atomic E-state index is 14.1. The standard InChI is InChI=1S/C31H35ClN5O4PS/c1-21(2)43(39,40)27-12-8-7-11-25(27)34-30-28(32)29(35-31(33)36-30)24-14-13-23(19-26(24)41-3)42(38)17-15-37(16-18-42)20-22-9-5-4-6-10-22/h4-14,19,21H,15-18,20H2,1-3H3,(H3,33,34,35,36). The van der Waals surface area contributed by atoms with Crippen LogP contribution in [0.5, 0.6) is 5.75 Å². The average molecular weight is 640 g/mol. The summed E-state index contributed by atoms with van der Waals surface area (Å²) in [6, 6.07) is 22.3. The molecule has 0 saturated carbocycles. The third-order valence-corrected chi connectivity index (χ3v) is 13.3. The topological polar surface area (TPSA) is 128 Å². The van der Waals surface area contributed by atoms with E-state index in [2.05, 4.69) is 32.3 Å². The predicted molar refractivity (Wildman–Crippen MR) is 174 cm³/mol. The van der Waals surface area contributed by atoms with Crippen molar-refractivity contribution in [2.45, 2.75) is 30.5 Å². The van der Waals surface area contributed by atoms with Gasteiger partial charge >= 0.3 is 0 Å². The van der Waals surface area contributed by atoms with Gasteiger partial charge in [-0.25, -0.2) is 13.4 Å². The first-order valence-electron chi connectivity index (χ1n) is 14.0. The molecule has 5 rings (SSSR count). The minimum atomic E-state index is -3.59. The Morgan fingerprint density at radius 2 is 1.70 bits per heavy atom. The van der Waals surface area contributed by atoms with Gasteiger partial charge in [-0.15, -0.1) is 0 Å². The summed E-state index contributed by atoms with van der Waals surface area (Å²) >= 11 is 6.81. The van der Waals surface area contributed by atoms with Gasteiger partial charge in [0.2, 0.25) is 5.95 Å². The molecule has 226 valence electrons. The molecule has 1 aliphatic rings. The molecule has 1 fully saturated rings. The first-order chi connectivity index (χ1) is 20.5. The first kappa shape index (κ1) is 31.0. The Balaban J connectivity index is 1.43. The molecule has 0 aliphatic carbocycles. The van der Waals surface area contributed by atoms with Gasteiger partial charge in [0.05, 0.1) is 22.9 Å². The SMILES string of the molecule is COc1cc(P2(=O)CCN(Cc3ccccc3)CC2)ccc1-c1nc(N)nc(Nc2ccccc2S(=O)(=O)C(C)C)c1Cl. The van der Waals surface area contributed by atoms with Crippen molar-refractivity contribution in [3.63, 3.8) is 0 Å². The Morgan fingerprint density at radius 1 is 1.02 bits per heavy atom. The highest BCUT2D eigenvalue weighted by molar-refractivity contribution is 7.92. The minimum Gasteiger partial charge on any atom is -0.496 e. The van der Waals surface area contributed by atoms with Crippen LogP contribution in [0.4, 0.5) is 17.5 Å². The summed E-state index contributed by atoms with van der Waals surface area (Å²) in [5.74, 6) is 0.546. The van der Waals surface area contributed by atoms with Crippen LogP contribution < -0.4 is 21.1 Å². The highest BCUT2D eigenvalue weighted by atomic mass is 35.5. The van der Waals surface area contributed by atoms with E-state index in [4.69, 9.17) is 22.1 Å². The molecule has 0 bridgehead atoms. The zero-order valence-electron chi connectivity index (χ0n) is 24.3. The molecule has 0 spiro atoms. The third kappa shape index (κ3) is 6.58. The second-order valence-electron chi connectivity index (χ2n) is 10.8. The molecule has 3 aromatic carbocycles. The Labute approximate surface area is 257 Å². The first-order valence-corrected chi connectivity index (χ1v) is 18.0. The van der Waals surface area contributed by atoms with Crippen LogP contribution in [0, 0.1) is 0 Å². The van der Waals surface area contributed by atoms with E-state index < -0.39 is 22.2 Å². The van der Waals surface area contributed by atoms with E-state index in [1.807, 2.05) is 24.3 Å². The van der Waals surface area contributed by atoms with Crippen LogP contribution in [0.1, 0.15) is 19.4 Å². The van der Waals surface area contributed by atoms with Crippen molar-refractivity contribution in [3.05, 3.63) is 83.4 Å². The van der Waals surface area contributed by atoms with Crippen molar-refractivity contribution in [1.29, 1.82) is 0 Å². The average Bonchev–Trinajstić information content (AvgIpc) is 3.00. The van der Waals surface area contributed by atoms with Crippen molar-refractivity contribution >= 4 is 51.3 Å². The van der Waals surface area contributed by atoms with Crippen molar-refractivity contribution < 1.29 is 17.7 Å². The molecule has 12 heteroatoms. The zero-order chi connectivity index (χ0) is 30.8. The smallest absolute Gasteiger partial charge is 0.222 e. The monoisotopic (exact) mass is 639 g/mol. The summed E-state index contributed by atoms with van der Waals surface area (Å²) < 4.78 is 45.8. The normalized spacial score (nSPS) is 15.4. The van der Waals surface area contributed by atoms with Gasteiger partial charge < -0.3 is 20.4 Å². The second-order valence-corrected chi connectivity index (χ2v) is 16.8. The molecule has 0 atom stereocenters. The number of anilines is 3. The van der Waals surface area contributed by atoms with E-state index in [-0.39, 0.29) is 21.7 Å². The fourth-order valence-electron chi connectivity index (χ4n) is 5.14. The number of nitrogens with two attached hydrogens (primary N) is 1. The van der Waals surface area contributed by atoms with Crippen molar-refractivity contribution in [2.75, 3.05) is 43.6 Å². The van der Waals surface area contributed by atoms with Crippen LogP contribution in [0.25, 0.3) is 11.3 Å². The minimum absolute atomic E-state index is 0.0594. The molecule has 0 radical (unpaired) electrons. The lowest BCUT2D eigenvalue weighted by Gasteiger charge is -2.32. The van der Waals surface area contributed by atoms with Crippen LogP contribution >= 0.6 is 18.7 Å². The van der Waals surface area contributed by atoms with E-state index in [0.29, 0.717) is 35.0 Å². The summed E-state index contributed by atoms with van der Waals surface area (Å²) in [7, 11) is -4.71. The molecular weight excluding hydrogens is 605 g/mol. The second kappa shape index (κ2) is 12.7. The quantitative estimate of drug-likeness (QED) is 0.218. The number of nitrogen functional groups attached to an aromatic ring is 1. The molecule has 43 heavy (non-hydrogen) atoms. The van der Waals surface area contributed by atoms with Gasteiger partial charge in [-0.3, -0.25) is 4.90 Å². The largest absolute Gasteiger partial charge is 0.496 e. The Bertz CT molecular complexity index is 1770. The molecule has 1 aromatic heterocycles. The van der Waals surface area contributed by atoms with Crippen molar-refractivity contribution in [3.8, 4) is 17.0 Å². The van der Waals surface area contributed by atoms with Crippen molar-refractivity contribution in [1.82, 2.24) is 14.9 Å². The van der Waals surface area contributed by atoms with Crippen LogP contribution in [-0.4, -0.2) is 61.1 Å². The molecular formula is C31H35ClN5O4PS. The zero-order valence-corrected chi connectivity index (χ0v) is 26.8.